The molecule has 0 atom stereocenters. The van der Waals surface area contributed by atoms with Crippen LogP contribution < -0.4 is 26.4 Å². The van der Waals surface area contributed by atoms with E-state index in [1.165, 1.54) is 32.7 Å². The minimum Gasteiger partial charge on any atom is -0.252 e. The van der Waals surface area contributed by atoms with Crippen LogP contribution in [0.25, 0.3) is 32.8 Å². The van der Waals surface area contributed by atoms with Gasteiger partial charge in [0, 0.05) is 5.56 Å². The molecule has 0 aliphatic carbocycles. The molecule has 0 amide bonds. The number of hydrogen-bond acceptors (Lipinski definition) is 1. The third kappa shape index (κ3) is 13.1. The predicted molar refractivity (Wildman–Crippen MR) is 260 cm³/mol. The molecular formula is C57H31BF24N2. The van der Waals surface area contributed by atoms with Crippen LogP contribution in [0.1, 0.15) is 50.1 Å². The van der Waals surface area contributed by atoms with E-state index in [2.05, 4.69) is 101 Å². The Bertz CT molecular complexity index is 3450. The van der Waals surface area contributed by atoms with Crippen molar-refractivity contribution in [3.63, 3.8) is 0 Å². The molecule has 2 nitrogen and oxygen atoms in total. The Hall–Kier alpha value is -8.26. The first kappa shape index (κ1) is 61.8. The van der Waals surface area contributed by atoms with Crippen LogP contribution in [-0.2, 0) is 56.0 Å². The molecule has 0 radical (unpaired) electrons. The number of fused-ring (bicyclic) bond motifs is 3. The van der Waals surface area contributed by atoms with Crippen molar-refractivity contribution in [3.8, 4) is 11.3 Å². The quantitative estimate of drug-likeness (QED) is 0.0673. The summed E-state index contributed by atoms with van der Waals surface area (Å²) in [7, 11) is 0. The van der Waals surface area contributed by atoms with E-state index in [1.807, 2.05) is 12.4 Å². The van der Waals surface area contributed by atoms with Gasteiger partial charge in [0.25, 0.3) is 0 Å². The second-order valence-corrected chi connectivity index (χ2v) is 19.0. The highest BCUT2D eigenvalue weighted by atomic mass is 19.4. The fourth-order valence-corrected chi connectivity index (χ4v) is 9.87. The second-order valence-electron chi connectivity index (χ2n) is 19.0. The highest BCUT2D eigenvalue weighted by molar-refractivity contribution is 7.20. The van der Waals surface area contributed by atoms with E-state index in [0.29, 0.717) is 0 Å². The topological polar surface area (TPSA) is 16.8 Å². The van der Waals surface area contributed by atoms with E-state index in [0.717, 1.165) is 12.2 Å². The van der Waals surface area contributed by atoms with Crippen molar-refractivity contribution in [2.75, 3.05) is 0 Å². The minimum atomic E-state index is -6.13. The summed E-state index contributed by atoms with van der Waals surface area (Å²) in [5.74, 6) is 0. The predicted octanol–water partition coefficient (Wildman–Crippen LogP) is 16.6. The highest BCUT2D eigenvalue weighted by Gasteiger charge is 2.47. The average Bonchev–Trinajstić information content (AvgIpc) is 1.87. The average molecular weight is 1210 g/mol. The number of aromatic nitrogens is 2. The summed E-state index contributed by atoms with van der Waals surface area (Å²) in [5, 5.41) is 5.07. The van der Waals surface area contributed by atoms with Gasteiger partial charge >= 0.3 is 49.4 Å². The summed E-state index contributed by atoms with van der Waals surface area (Å²) in [6.07, 6.45) is -48.9. The van der Waals surface area contributed by atoms with Crippen LogP contribution >= 0.6 is 0 Å². The molecule has 1 aromatic heterocycles. The zero-order valence-electron chi connectivity index (χ0n) is 41.5. The molecule has 0 aliphatic rings. The minimum absolute atomic E-state index is 0.691. The van der Waals surface area contributed by atoms with Crippen molar-refractivity contribution in [1.82, 2.24) is 4.98 Å². The van der Waals surface area contributed by atoms with Crippen LogP contribution in [-0.4, -0.2) is 11.1 Å². The first-order valence-corrected chi connectivity index (χ1v) is 23.8. The first-order chi connectivity index (χ1) is 38.7. The lowest BCUT2D eigenvalue weighted by atomic mass is 9.12. The molecule has 0 bridgehead atoms. The van der Waals surface area contributed by atoms with Crippen LogP contribution in [0.2, 0.25) is 0 Å². The van der Waals surface area contributed by atoms with Gasteiger partial charge in [-0.3, -0.25) is 4.98 Å². The Balaban J connectivity index is 0.000000280. The number of hydrogen-bond donors (Lipinski definition) is 0. The molecule has 9 aromatic rings. The lowest BCUT2D eigenvalue weighted by Gasteiger charge is -2.46. The van der Waals surface area contributed by atoms with Crippen LogP contribution in [0, 0.1) is 0 Å². The van der Waals surface area contributed by atoms with Crippen LogP contribution in [0.4, 0.5) is 105 Å². The van der Waals surface area contributed by atoms with E-state index in [4.69, 9.17) is 0 Å². The molecule has 0 saturated heterocycles. The van der Waals surface area contributed by atoms with Crippen molar-refractivity contribution in [2.45, 2.75) is 56.0 Å². The zero-order valence-corrected chi connectivity index (χ0v) is 41.5. The molecule has 84 heavy (non-hydrogen) atoms. The number of halogens is 24. The van der Waals surface area contributed by atoms with Gasteiger partial charge in [0.1, 0.15) is 6.15 Å². The van der Waals surface area contributed by atoms with Gasteiger partial charge in [-0.2, -0.15) is 132 Å². The van der Waals surface area contributed by atoms with Gasteiger partial charge in [-0.25, -0.2) is 0 Å². The molecule has 9 rings (SSSR count). The summed E-state index contributed by atoms with van der Waals surface area (Å²) in [6.45, 7) is 0.819. The zero-order chi connectivity index (χ0) is 62.0. The molecule has 0 aliphatic heterocycles. The summed E-state index contributed by atoms with van der Waals surface area (Å²) >= 11 is 0. The molecule has 1 heterocycles. The molecular weight excluding hydrogens is 1180 g/mol. The maximum Gasteiger partial charge on any atom is 0.416 e. The van der Waals surface area contributed by atoms with Crippen molar-refractivity contribution in [3.05, 3.63) is 226 Å². The molecule has 0 saturated carbocycles. The molecule has 0 fully saturated rings. The fraction of sp³-hybridized carbons (Fsp3) is 0.158. The highest BCUT2D eigenvalue weighted by Crippen LogP contribution is 2.42. The van der Waals surface area contributed by atoms with E-state index in [9.17, 15) is 105 Å². The lowest BCUT2D eigenvalue weighted by Crippen LogP contribution is -2.75. The van der Waals surface area contributed by atoms with Gasteiger partial charge in [0.15, 0.2) is 12.7 Å². The Morgan fingerprint density at radius 2 is 0.619 bits per heavy atom. The molecule has 27 heteroatoms. The third-order valence-electron chi connectivity index (χ3n) is 13.5. The SMILES string of the molecule is FC(F)(F)c1cc([B-](c2cc(C(F)(F)F)cc(C(F)(F)F)c2)(c2cc(C(F)(F)F)cc(C(F)(F)F)c2)c2cc(C(F)(F)F)cc(C(F)(F)F)c2)cc(C(F)(F)F)c1.c1ccc(C[n+]2ccncc2-c2cc3ccccc3c3ccccc23)cc1. The van der Waals surface area contributed by atoms with Gasteiger partial charge in [-0.1, -0.05) is 127 Å². The van der Waals surface area contributed by atoms with E-state index in [1.54, 1.807) is 0 Å². The maximum atomic E-state index is 14.2. The van der Waals surface area contributed by atoms with Crippen molar-refractivity contribution >= 4 is 49.5 Å². The molecule has 0 spiro atoms. The third-order valence-corrected chi connectivity index (χ3v) is 13.5. The molecule has 0 unspecified atom stereocenters. The Morgan fingerprint density at radius 3 is 0.952 bits per heavy atom. The van der Waals surface area contributed by atoms with Crippen LogP contribution in [0.5, 0.6) is 0 Å². The number of nitrogens with zero attached hydrogens (tertiary/aromatic N) is 2. The van der Waals surface area contributed by atoms with Crippen molar-refractivity contribution < 1.29 is 110 Å². The number of alkyl halides is 24. The Labute approximate surface area is 457 Å². The second kappa shape index (κ2) is 21.7. The fourth-order valence-electron chi connectivity index (χ4n) is 9.87. The van der Waals surface area contributed by atoms with Crippen LogP contribution in [0.3, 0.4) is 0 Å². The summed E-state index contributed by atoms with van der Waals surface area (Å²) in [4.78, 5) is 4.43. The van der Waals surface area contributed by atoms with Gasteiger partial charge in [0.2, 0.25) is 5.69 Å². The Kier molecular flexibility index (Phi) is 16.0. The summed E-state index contributed by atoms with van der Waals surface area (Å²) in [5.41, 5.74) is -26.6. The normalized spacial score (nSPS) is 13.3. The van der Waals surface area contributed by atoms with E-state index in [-0.39, 0.29) is 0 Å². The smallest absolute Gasteiger partial charge is 0.252 e. The van der Waals surface area contributed by atoms with Gasteiger partial charge in [-0.05, 0) is 51.9 Å². The standard InChI is InChI=1S/C32H12BF24.C25H19N2/c34-25(35,36)13-1-14(26(37,38)39)6-21(5-13)33(22-7-15(27(40,41)42)2-16(8-22)28(43,44)45,23-9-17(29(46,47)48)3-18(10-23)30(49,50)51)24-11-19(31(52,53)54)4-20(12-24)32(55,56)57;1-2-8-19(9-3-1)18-27-15-14-26-17-25(27)24-16-20-10-4-5-11-21(20)22-12-6-7-13-23(22)24/h1-12H;1-17H,18H2/q-1;+1. The largest absolute Gasteiger partial charge is 0.416 e. The lowest BCUT2D eigenvalue weighted by molar-refractivity contribution is -0.677. The molecule has 0 N–H and O–H groups in total. The maximum absolute atomic E-state index is 14.2. The number of benzene rings is 8. The van der Waals surface area contributed by atoms with E-state index >= 15 is 0 Å². The van der Waals surface area contributed by atoms with Crippen molar-refractivity contribution in [1.29, 1.82) is 0 Å². The first-order valence-electron chi connectivity index (χ1n) is 23.8. The van der Waals surface area contributed by atoms with Gasteiger partial charge < -0.3 is 0 Å². The molecule has 440 valence electrons. The van der Waals surface area contributed by atoms with Crippen molar-refractivity contribution in [2.24, 2.45) is 0 Å². The summed E-state index contributed by atoms with van der Waals surface area (Å²) < 4.78 is 343. The monoisotopic (exact) mass is 1210 g/mol. The van der Waals surface area contributed by atoms with Gasteiger partial charge in [0.05, 0.1) is 62.5 Å². The van der Waals surface area contributed by atoms with E-state index < -0.39 is 195 Å². The Morgan fingerprint density at radius 1 is 0.321 bits per heavy atom. The van der Waals surface area contributed by atoms with Gasteiger partial charge in [-0.15, -0.1) is 0 Å². The summed E-state index contributed by atoms with van der Waals surface area (Å²) in [6, 6.07) is 21.2. The van der Waals surface area contributed by atoms with Crippen LogP contribution in [0.15, 0.2) is 176 Å². The molecule has 8 aromatic carbocycles. The number of rotatable bonds is 7.